The van der Waals surface area contributed by atoms with E-state index in [9.17, 15) is 9.59 Å². The van der Waals surface area contributed by atoms with Crippen LogP contribution in [0.4, 0.5) is 5.69 Å². The number of hydrogen-bond acceptors (Lipinski definition) is 7. The van der Waals surface area contributed by atoms with Gasteiger partial charge in [-0.2, -0.15) is 10.1 Å². The normalized spacial score (nSPS) is 13.5. The molecule has 0 saturated heterocycles. The molecule has 1 aliphatic heterocycles. The first-order valence-corrected chi connectivity index (χ1v) is 9.44. The summed E-state index contributed by atoms with van der Waals surface area (Å²) in [7, 11) is 0. The topological polar surface area (TPSA) is 101 Å². The number of carbonyl (C=O) groups is 2. The molecule has 3 aromatic rings. The lowest BCUT2D eigenvalue weighted by molar-refractivity contribution is -0.117. The number of nitrogens with zero attached hydrogens (tertiary/aromatic N) is 4. The Morgan fingerprint density at radius 2 is 1.79 bits per heavy atom. The highest BCUT2D eigenvalue weighted by atomic mass is 32.2. The van der Waals surface area contributed by atoms with Gasteiger partial charge in [-0.25, -0.2) is 0 Å². The fourth-order valence-electron chi connectivity index (χ4n) is 2.56. The number of thioether (sulfide) groups is 1. The lowest BCUT2D eigenvalue weighted by Gasteiger charge is -2.10. The molecule has 2 aromatic carbocycles. The van der Waals surface area contributed by atoms with Crippen molar-refractivity contribution < 1.29 is 14.0 Å². The molecule has 8 nitrogen and oxygen atoms in total. The van der Waals surface area contributed by atoms with E-state index in [0.717, 1.165) is 17.3 Å². The molecular formula is C19H15N5O3S. The number of amides is 2. The lowest BCUT2D eigenvalue weighted by atomic mass is 10.2. The van der Waals surface area contributed by atoms with Crippen LogP contribution in [0.1, 0.15) is 6.42 Å². The molecule has 0 bridgehead atoms. The first-order valence-electron chi connectivity index (χ1n) is 8.46. The minimum atomic E-state index is -0.300. The molecule has 0 spiro atoms. The average Bonchev–Trinajstić information content (AvgIpc) is 3.34. The first-order chi connectivity index (χ1) is 13.7. The van der Waals surface area contributed by atoms with Crippen molar-refractivity contribution in [3.63, 3.8) is 0 Å². The molecule has 140 valence electrons. The third kappa shape index (κ3) is 4.09. The van der Waals surface area contributed by atoms with Crippen LogP contribution in [0.15, 0.2) is 75.4 Å². The summed E-state index contributed by atoms with van der Waals surface area (Å²) in [5.41, 5.74) is 1.47. The molecule has 1 aliphatic rings. The number of benzene rings is 2. The second-order valence-corrected chi connectivity index (χ2v) is 6.77. The summed E-state index contributed by atoms with van der Waals surface area (Å²) in [4.78, 5) is 24.3. The van der Waals surface area contributed by atoms with E-state index in [4.69, 9.17) is 4.42 Å². The molecule has 0 aliphatic carbocycles. The predicted molar refractivity (Wildman–Crippen MR) is 105 cm³/mol. The van der Waals surface area contributed by atoms with Gasteiger partial charge in [0, 0.05) is 5.56 Å². The number of anilines is 1. The second-order valence-electron chi connectivity index (χ2n) is 5.84. The maximum Gasteiger partial charge on any atom is 0.277 e. The molecule has 1 N–H and O–H groups in total. The van der Waals surface area contributed by atoms with E-state index in [-0.39, 0.29) is 24.0 Å². The quantitative estimate of drug-likeness (QED) is 0.669. The summed E-state index contributed by atoms with van der Waals surface area (Å²) < 4.78 is 5.55. The molecule has 0 radical (unpaired) electrons. The van der Waals surface area contributed by atoms with Crippen LogP contribution in [0.3, 0.4) is 0 Å². The van der Waals surface area contributed by atoms with Crippen molar-refractivity contribution in [1.29, 1.82) is 0 Å². The number of hydrazone groups is 1. The van der Waals surface area contributed by atoms with Gasteiger partial charge < -0.3 is 9.73 Å². The molecular weight excluding hydrogens is 378 g/mol. The largest absolute Gasteiger partial charge is 0.411 e. The van der Waals surface area contributed by atoms with Crippen LogP contribution in [0.2, 0.25) is 0 Å². The van der Waals surface area contributed by atoms with Crippen LogP contribution < -0.4 is 10.3 Å². The fraction of sp³-hybridized carbons (Fsp3) is 0.105. The van der Waals surface area contributed by atoms with Crippen molar-refractivity contribution in [1.82, 2.24) is 15.5 Å². The third-order valence-electron chi connectivity index (χ3n) is 3.81. The molecule has 0 saturated carbocycles. The minimum Gasteiger partial charge on any atom is -0.411 e. The molecule has 2 amide bonds. The fourth-order valence-corrected chi connectivity index (χ4v) is 3.12. The van der Waals surface area contributed by atoms with E-state index >= 15 is 0 Å². The van der Waals surface area contributed by atoms with Crippen molar-refractivity contribution in [2.24, 2.45) is 5.10 Å². The monoisotopic (exact) mass is 393 g/mol. The molecule has 2 heterocycles. The number of aromatic nitrogens is 2. The van der Waals surface area contributed by atoms with Crippen molar-refractivity contribution in [2.75, 3.05) is 10.8 Å². The number of carbonyl (C=O) groups excluding carboxylic acids is 2. The van der Waals surface area contributed by atoms with E-state index in [0.29, 0.717) is 22.6 Å². The smallest absolute Gasteiger partial charge is 0.277 e. The van der Waals surface area contributed by atoms with Crippen molar-refractivity contribution in [2.45, 2.75) is 11.6 Å². The first kappa shape index (κ1) is 17.9. The summed E-state index contributed by atoms with van der Waals surface area (Å²) in [6.45, 7) is 0. The Kier molecular flexibility index (Phi) is 5.16. The Labute approximate surface area is 164 Å². The van der Waals surface area contributed by atoms with E-state index in [1.165, 1.54) is 5.01 Å². The van der Waals surface area contributed by atoms with Crippen LogP contribution in [-0.4, -0.2) is 33.6 Å². The van der Waals surface area contributed by atoms with Gasteiger partial charge in [0.25, 0.3) is 11.1 Å². The molecule has 28 heavy (non-hydrogen) atoms. The van der Waals surface area contributed by atoms with Gasteiger partial charge >= 0.3 is 0 Å². The molecule has 0 fully saturated rings. The SMILES string of the molecule is O=C(CSc1nnc(-c2ccccc2)o1)NC1=NN(c2ccccc2)C(=O)C1. The van der Waals surface area contributed by atoms with E-state index < -0.39 is 0 Å². The van der Waals surface area contributed by atoms with Crippen LogP contribution in [-0.2, 0) is 9.59 Å². The van der Waals surface area contributed by atoms with E-state index in [1.807, 2.05) is 48.5 Å². The average molecular weight is 393 g/mol. The molecule has 0 unspecified atom stereocenters. The molecule has 9 heteroatoms. The lowest BCUT2D eigenvalue weighted by Crippen LogP contribution is -2.31. The summed E-state index contributed by atoms with van der Waals surface area (Å²) >= 11 is 1.12. The van der Waals surface area contributed by atoms with Gasteiger partial charge in [0.2, 0.25) is 11.8 Å². The Bertz CT molecular complexity index is 1020. The highest BCUT2D eigenvalue weighted by Gasteiger charge is 2.26. The van der Waals surface area contributed by atoms with Gasteiger partial charge in [0.15, 0.2) is 0 Å². The van der Waals surface area contributed by atoms with Crippen LogP contribution in [0.5, 0.6) is 0 Å². The summed E-state index contributed by atoms with van der Waals surface area (Å²) in [5, 5.41) is 16.3. The molecule has 1 aromatic heterocycles. The Morgan fingerprint density at radius 3 is 2.54 bits per heavy atom. The van der Waals surface area contributed by atoms with Gasteiger partial charge in [-0.3, -0.25) is 9.59 Å². The maximum atomic E-state index is 12.2. The van der Waals surface area contributed by atoms with Gasteiger partial charge in [-0.1, -0.05) is 48.2 Å². The van der Waals surface area contributed by atoms with Crippen LogP contribution in [0.25, 0.3) is 11.5 Å². The second kappa shape index (κ2) is 8.05. The zero-order chi connectivity index (χ0) is 19.3. The summed E-state index contributed by atoms with van der Waals surface area (Å²) in [5.74, 6) is 0.279. The van der Waals surface area contributed by atoms with Gasteiger partial charge in [0.05, 0.1) is 17.9 Å². The highest BCUT2D eigenvalue weighted by molar-refractivity contribution is 7.99. The molecule has 4 rings (SSSR count). The number of para-hydroxylation sites is 1. The maximum absolute atomic E-state index is 12.2. The van der Waals surface area contributed by atoms with Crippen LogP contribution >= 0.6 is 11.8 Å². The number of hydrogen-bond donors (Lipinski definition) is 1. The number of nitrogens with one attached hydrogen (secondary N) is 1. The van der Waals surface area contributed by atoms with Crippen molar-refractivity contribution in [3.8, 4) is 11.5 Å². The van der Waals surface area contributed by atoms with E-state index in [2.05, 4.69) is 20.6 Å². The minimum absolute atomic E-state index is 0.0456. The highest BCUT2D eigenvalue weighted by Crippen LogP contribution is 2.23. The van der Waals surface area contributed by atoms with Crippen molar-refractivity contribution >= 4 is 35.1 Å². The van der Waals surface area contributed by atoms with Gasteiger partial charge in [-0.05, 0) is 24.3 Å². The Hall–Kier alpha value is -3.46. The zero-order valence-electron chi connectivity index (χ0n) is 14.6. The zero-order valence-corrected chi connectivity index (χ0v) is 15.4. The number of rotatable bonds is 5. The summed E-state index contributed by atoms with van der Waals surface area (Å²) in [6, 6.07) is 18.4. The Balaban J connectivity index is 1.33. The van der Waals surface area contributed by atoms with Crippen LogP contribution in [0, 0.1) is 0 Å². The van der Waals surface area contributed by atoms with Crippen molar-refractivity contribution in [3.05, 3.63) is 60.7 Å². The van der Waals surface area contributed by atoms with Gasteiger partial charge in [0.1, 0.15) is 5.84 Å². The standard InChI is InChI=1S/C19H15N5O3S/c25-16(12-28-19-22-21-18(27-19)13-7-3-1-4-8-13)20-15-11-17(26)24(23-15)14-9-5-2-6-10-14/h1-10H,11-12H2,(H,20,23,25). The third-order valence-corrected chi connectivity index (χ3v) is 4.63. The molecule has 0 atom stereocenters. The Morgan fingerprint density at radius 1 is 1.07 bits per heavy atom. The summed E-state index contributed by atoms with van der Waals surface area (Å²) in [6.07, 6.45) is 0.0456. The predicted octanol–water partition coefficient (Wildman–Crippen LogP) is 2.70. The van der Waals surface area contributed by atoms with E-state index in [1.54, 1.807) is 12.1 Å². The number of amidine groups is 1. The van der Waals surface area contributed by atoms with Gasteiger partial charge in [-0.15, -0.1) is 10.2 Å².